The lowest BCUT2D eigenvalue weighted by atomic mass is 10.1. The number of benzene rings is 1. The van der Waals surface area contributed by atoms with Crippen molar-refractivity contribution >= 4 is 35.9 Å². The molecular formula is C21H31IN4O3. The van der Waals surface area contributed by atoms with Crippen molar-refractivity contribution in [3.05, 3.63) is 42.3 Å². The van der Waals surface area contributed by atoms with Crippen LogP contribution in [0, 0.1) is 0 Å². The van der Waals surface area contributed by atoms with Crippen molar-refractivity contribution in [1.29, 1.82) is 0 Å². The van der Waals surface area contributed by atoms with E-state index in [9.17, 15) is 4.79 Å². The van der Waals surface area contributed by atoms with Crippen molar-refractivity contribution in [2.75, 3.05) is 20.2 Å². The zero-order valence-electron chi connectivity index (χ0n) is 17.1. The number of aromatic nitrogens is 1. The number of esters is 1. The predicted octanol–water partition coefficient (Wildman–Crippen LogP) is 4.14. The zero-order valence-corrected chi connectivity index (χ0v) is 19.5. The van der Waals surface area contributed by atoms with E-state index in [-0.39, 0.29) is 29.9 Å². The summed E-state index contributed by atoms with van der Waals surface area (Å²) in [6, 6.07) is 9.82. The number of hydrogen-bond acceptors (Lipinski definition) is 5. The Labute approximate surface area is 189 Å². The van der Waals surface area contributed by atoms with Gasteiger partial charge in [-0.05, 0) is 31.9 Å². The lowest BCUT2D eigenvalue weighted by Gasteiger charge is -2.10. The molecule has 0 spiro atoms. The van der Waals surface area contributed by atoms with Crippen molar-refractivity contribution in [1.82, 2.24) is 15.6 Å². The van der Waals surface area contributed by atoms with E-state index in [4.69, 9.17) is 9.15 Å². The third kappa shape index (κ3) is 9.78. The van der Waals surface area contributed by atoms with Gasteiger partial charge >= 0.3 is 5.97 Å². The summed E-state index contributed by atoms with van der Waals surface area (Å²) in [6.07, 6.45) is 6.15. The molecule has 160 valence electrons. The monoisotopic (exact) mass is 514 g/mol. The normalized spacial score (nSPS) is 10.9. The Morgan fingerprint density at radius 2 is 1.90 bits per heavy atom. The van der Waals surface area contributed by atoms with Crippen molar-refractivity contribution in [2.24, 2.45) is 4.99 Å². The van der Waals surface area contributed by atoms with Gasteiger partial charge in [-0.3, -0.25) is 9.79 Å². The number of oxazole rings is 1. The fourth-order valence-corrected chi connectivity index (χ4v) is 2.68. The Morgan fingerprint density at radius 3 is 2.62 bits per heavy atom. The van der Waals surface area contributed by atoms with E-state index in [1.54, 1.807) is 13.3 Å². The second-order valence-electron chi connectivity index (χ2n) is 6.33. The van der Waals surface area contributed by atoms with Crippen LogP contribution in [0.25, 0.3) is 11.5 Å². The second-order valence-corrected chi connectivity index (χ2v) is 6.33. The summed E-state index contributed by atoms with van der Waals surface area (Å²) in [5.74, 6) is 1.24. The third-order valence-electron chi connectivity index (χ3n) is 4.14. The fraction of sp³-hybridized carbons (Fsp3) is 0.476. The van der Waals surface area contributed by atoms with Gasteiger partial charge in [-0.25, -0.2) is 4.98 Å². The average Bonchev–Trinajstić information content (AvgIpc) is 3.19. The molecule has 0 atom stereocenters. The van der Waals surface area contributed by atoms with Crippen molar-refractivity contribution in [2.45, 2.75) is 45.6 Å². The molecule has 0 amide bonds. The number of nitrogens with zero attached hydrogens (tertiary/aromatic N) is 2. The Kier molecular flexibility index (Phi) is 12.8. The highest BCUT2D eigenvalue weighted by Gasteiger charge is 2.07. The molecule has 0 bridgehead atoms. The van der Waals surface area contributed by atoms with Crippen molar-refractivity contribution in [3.63, 3.8) is 0 Å². The minimum absolute atomic E-state index is 0. The first-order valence-corrected chi connectivity index (χ1v) is 9.83. The van der Waals surface area contributed by atoms with Crippen LogP contribution >= 0.6 is 24.0 Å². The van der Waals surface area contributed by atoms with Crippen LogP contribution in [0.3, 0.4) is 0 Å². The Bertz CT molecular complexity index is 735. The molecule has 2 rings (SSSR count). The van der Waals surface area contributed by atoms with Gasteiger partial charge in [0.15, 0.2) is 5.96 Å². The van der Waals surface area contributed by atoms with Gasteiger partial charge in [-0.2, -0.15) is 0 Å². The number of nitrogens with one attached hydrogen (secondary N) is 2. The van der Waals surface area contributed by atoms with Gasteiger partial charge in [0.2, 0.25) is 5.89 Å². The van der Waals surface area contributed by atoms with Crippen LogP contribution in [-0.2, 0) is 16.1 Å². The molecule has 0 radical (unpaired) electrons. The molecule has 2 aromatic rings. The maximum absolute atomic E-state index is 11.3. The molecule has 0 aliphatic carbocycles. The molecular weight excluding hydrogens is 483 g/mol. The molecule has 0 aliphatic heterocycles. The summed E-state index contributed by atoms with van der Waals surface area (Å²) >= 11 is 0. The molecule has 1 heterocycles. The van der Waals surface area contributed by atoms with Crippen molar-refractivity contribution < 1.29 is 13.9 Å². The highest BCUT2D eigenvalue weighted by molar-refractivity contribution is 14.0. The van der Waals surface area contributed by atoms with E-state index in [2.05, 4.69) is 20.6 Å². The number of carbonyl (C=O) groups excluding carboxylic acids is 1. The average molecular weight is 514 g/mol. The molecule has 0 unspecified atom stereocenters. The second kappa shape index (κ2) is 14.8. The lowest BCUT2D eigenvalue weighted by molar-refractivity contribution is -0.143. The molecule has 0 saturated heterocycles. The smallest absolute Gasteiger partial charge is 0.305 e. The predicted molar refractivity (Wildman–Crippen MR) is 125 cm³/mol. The molecule has 1 aromatic heterocycles. The van der Waals surface area contributed by atoms with E-state index in [0.717, 1.165) is 49.4 Å². The molecule has 2 N–H and O–H groups in total. The van der Waals surface area contributed by atoms with Crippen LogP contribution in [0.4, 0.5) is 0 Å². The number of aliphatic imine (C=N–C) groups is 1. The standard InChI is InChI=1S/C21H30N4O3.HI/c1-3-27-19(26)13-9-4-5-10-14-23-21(22-2)24-15-18-16-28-20(25-18)17-11-7-6-8-12-17;/h6-8,11-12,16H,3-5,9-10,13-15H2,1-2H3,(H2,22,23,24);1H. The van der Waals surface area contributed by atoms with Crippen LogP contribution in [-0.4, -0.2) is 37.1 Å². The summed E-state index contributed by atoms with van der Waals surface area (Å²) < 4.78 is 10.5. The molecule has 0 aliphatic rings. The number of halogens is 1. The number of hydrogen-bond donors (Lipinski definition) is 2. The highest BCUT2D eigenvalue weighted by atomic mass is 127. The van der Waals surface area contributed by atoms with Crippen molar-refractivity contribution in [3.8, 4) is 11.5 Å². The number of ether oxygens (including phenoxy) is 1. The number of carbonyl (C=O) groups is 1. The van der Waals surface area contributed by atoms with Crippen LogP contribution in [0.2, 0.25) is 0 Å². The topological polar surface area (TPSA) is 88.8 Å². The fourth-order valence-electron chi connectivity index (χ4n) is 2.68. The Morgan fingerprint density at radius 1 is 1.14 bits per heavy atom. The number of rotatable bonds is 11. The third-order valence-corrected chi connectivity index (χ3v) is 4.14. The lowest BCUT2D eigenvalue weighted by Crippen LogP contribution is -2.37. The first kappa shape index (κ1) is 24.9. The minimum atomic E-state index is -0.103. The Hall–Kier alpha value is -2.10. The minimum Gasteiger partial charge on any atom is -0.466 e. The quantitative estimate of drug-likeness (QED) is 0.154. The maximum atomic E-state index is 11.3. The van der Waals surface area contributed by atoms with Gasteiger partial charge in [-0.1, -0.05) is 31.0 Å². The van der Waals surface area contributed by atoms with Gasteiger partial charge in [-0.15, -0.1) is 24.0 Å². The molecule has 0 fully saturated rings. The SMILES string of the molecule is CCOC(=O)CCCCCCNC(=NC)NCc1coc(-c2ccccc2)n1.I. The summed E-state index contributed by atoms with van der Waals surface area (Å²) in [4.78, 5) is 20.0. The summed E-state index contributed by atoms with van der Waals surface area (Å²) in [6.45, 7) is 3.65. The molecule has 1 aromatic carbocycles. The summed E-state index contributed by atoms with van der Waals surface area (Å²) in [7, 11) is 1.74. The van der Waals surface area contributed by atoms with E-state index in [0.29, 0.717) is 25.5 Å². The highest BCUT2D eigenvalue weighted by Crippen LogP contribution is 2.17. The molecule has 0 saturated carbocycles. The van der Waals surface area contributed by atoms with Crippen LogP contribution in [0.5, 0.6) is 0 Å². The van der Waals surface area contributed by atoms with Gasteiger partial charge in [0, 0.05) is 25.6 Å². The molecule has 29 heavy (non-hydrogen) atoms. The van der Waals surface area contributed by atoms with Crippen LogP contribution in [0.15, 0.2) is 46.0 Å². The van der Waals surface area contributed by atoms with E-state index in [1.807, 2.05) is 37.3 Å². The molecule has 7 nitrogen and oxygen atoms in total. The van der Waals surface area contributed by atoms with E-state index < -0.39 is 0 Å². The number of guanidine groups is 1. The Balaban J connectivity index is 0.00000420. The number of unbranched alkanes of at least 4 members (excludes halogenated alkanes) is 3. The van der Waals surface area contributed by atoms with Crippen LogP contribution in [0.1, 0.15) is 44.7 Å². The van der Waals surface area contributed by atoms with Gasteiger partial charge in [0.1, 0.15) is 6.26 Å². The van der Waals surface area contributed by atoms with E-state index >= 15 is 0 Å². The zero-order chi connectivity index (χ0) is 20.0. The van der Waals surface area contributed by atoms with E-state index in [1.165, 1.54) is 0 Å². The van der Waals surface area contributed by atoms with Gasteiger partial charge in [0.05, 0.1) is 18.8 Å². The summed E-state index contributed by atoms with van der Waals surface area (Å²) in [5, 5.41) is 6.52. The van der Waals surface area contributed by atoms with Crippen LogP contribution < -0.4 is 10.6 Å². The largest absolute Gasteiger partial charge is 0.466 e. The first-order chi connectivity index (χ1) is 13.7. The van der Waals surface area contributed by atoms with Gasteiger partial charge < -0.3 is 19.8 Å². The first-order valence-electron chi connectivity index (χ1n) is 9.83. The van der Waals surface area contributed by atoms with Gasteiger partial charge in [0.25, 0.3) is 0 Å². The maximum Gasteiger partial charge on any atom is 0.305 e. The summed E-state index contributed by atoms with van der Waals surface area (Å²) in [5.41, 5.74) is 1.78. The molecule has 8 heteroatoms.